The molecule has 0 saturated carbocycles. The van der Waals surface area contributed by atoms with Crippen LogP contribution in [0.5, 0.6) is 5.75 Å². The molecule has 0 unspecified atom stereocenters. The fraction of sp³-hybridized carbons (Fsp3) is 0.400. The summed E-state index contributed by atoms with van der Waals surface area (Å²) in [5.74, 6) is 0.930. The first-order valence-corrected chi connectivity index (χ1v) is 4.18. The largest absolute Gasteiger partial charge is 0.492 e. The molecular weight excluding hydrogens is 150 g/mol. The lowest BCUT2D eigenvalue weighted by Gasteiger charge is -2.11. The summed E-state index contributed by atoms with van der Waals surface area (Å²) < 4.78 is 5.50. The molecule has 66 valence electrons. The summed E-state index contributed by atoms with van der Waals surface area (Å²) in [5.41, 5.74) is 0. The van der Waals surface area contributed by atoms with Gasteiger partial charge in [-0.05, 0) is 26.1 Å². The van der Waals surface area contributed by atoms with Gasteiger partial charge in [0.25, 0.3) is 0 Å². The molecule has 1 aromatic carbocycles. The van der Waals surface area contributed by atoms with Crippen molar-refractivity contribution in [1.82, 2.24) is 5.32 Å². The minimum absolute atomic E-state index is 0.394. The van der Waals surface area contributed by atoms with Gasteiger partial charge in [0.05, 0.1) is 0 Å². The van der Waals surface area contributed by atoms with Crippen LogP contribution in [0.1, 0.15) is 6.92 Å². The van der Waals surface area contributed by atoms with Crippen LogP contribution in [0.25, 0.3) is 0 Å². The fourth-order valence-corrected chi connectivity index (χ4v) is 0.821. The summed E-state index contributed by atoms with van der Waals surface area (Å²) in [5, 5.41) is 3.11. The second kappa shape index (κ2) is 4.78. The van der Waals surface area contributed by atoms with Crippen molar-refractivity contribution in [1.29, 1.82) is 0 Å². The lowest BCUT2D eigenvalue weighted by atomic mass is 10.3. The highest BCUT2D eigenvalue weighted by Gasteiger charge is 1.97. The quantitative estimate of drug-likeness (QED) is 0.732. The minimum atomic E-state index is 0.394. The van der Waals surface area contributed by atoms with Crippen molar-refractivity contribution in [2.24, 2.45) is 0 Å². The standard InChI is InChI=1S/C10H15NO/c1-9(11-2)8-12-10-6-4-3-5-7-10/h3-7,9,11H,8H2,1-2H3/t9-/m1/s1. The topological polar surface area (TPSA) is 21.3 Å². The van der Waals surface area contributed by atoms with Crippen LogP contribution < -0.4 is 10.1 Å². The number of benzene rings is 1. The van der Waals surface area contributed by atoms with Gasteiger partial charge >= 0.3 is 0 Å². The molecule has 0 aliphatic heterocycles. The molecule has 0 radical (unpaired) electrons. The van der Waals surface area contributed by atoms with Crippen molar-refractivity contribution in [3.8, 4) is 5.75 Å². The van der Waals surface area contributed by atoms with Gasteiger partial charge in [-0.25, -0.2) is 0 Å². The molecule has 0 heterocycles. The highest BCUT2D eigenvalue weighted by molar-refractivity contribution is 5.20. The van der Waals surface area contributed by atoms with Crippen LogP contribution in [0.3, 0.4) is 0 Å². The Kier molecular flexibility index (Phi) is 3.61. The lowest BCUT2D eigenvalue weighted by Crippen LogP contribution is -2.28. The van der Waals surface area contributed by atoms with Crippen molar-refractivity contribution in [3.63, 3.8) is 0 Å². The molecule has 0 aliphatic rings. The van der Waals surface area contributed by atoms with Crippen molar-refractivity contribution in [3.05, 3.63) is 30.3 Å². The molecule has 2 nitrogen and oxygen atoms in total. The van der Waals surface area contributed by atoms with Gasteiger partial charge in [0, 0.05) is 6.04 Å². The highest BCUT2D eigenvalue weighted by atomic mass is 16.5. The number of hydrogen-bond acceptors (Lipinski definition) is 2. The molecule has 1 rings (SSSR count). The first kappa shape index (κ1) is 9.07. The zero-order valence-electron chi connectivity index (χ0n) is 7.58. The maximum absolute atomic E-state index is 5.50. The van der Waals surface area contributed by atoms with Crippen molar-refractivity contribution < 1.29 is 4.74 Å². The monoisotopic (exact) mass is 165 g/mol. The molecule has 0 bridgehead atoms. The molecule has 0 fully saturated rings. The zero-order valence-corrected chi connectivity index (χ0v) is 7.58. The second-order valence-corrected chi connectivity index (χ2v) is 2.81. The van der Waals surface area contributed by atoms with E-state index in [1.54, 1.807) is 0 Å². The molecule has 0 aliphatic carbocycles. The van der Waals surface area contributed by atoms with E-state index in [2.05, 4.69) is 12.2 Å². The van der Waals surface area contributed by atoms with Crippen LogP contribution in [-0.2, 0) is 0 Å². The summed E-state index contributed by atoms with van der Waals surface area (Å²) >= 11 is 0. The third-order valence-electron chi connectivity index (χ3n) is 1.74. The number of ether oxygens (including phenoxy) is 1. The third-order valence-corrected chi connectivity index (χ3v) is 1.74. The van der Waals surface area contributed by atoms with Crippen molar-refractivity contribution in [2.75, 3.05) is 13.7 Å². The molecule has 0 spiro atoms. The smallest absolute Gasteiger partial charge is 0.119 e. The molecule has 0 saturated heterocycles. The molecule has 0 amide bonds. The Morgan fingerprint density at radius 3 is 2.58 bits per heavy atom. The van der Waals surface area contributed by atoms with Crippen molar-refractivity contribution >= 4 is 0 Å². The van der Waals surface area contributed by atoms with Crippen LogP contribution in [0, 0.1) is 0 Å². The minimum Gasteiger partial charge on any atom is -0.492 e. The SMILES string of the molecule is CN[C@H](C)COc1ccccc1. The molecule has 1 N–H and O–H groups in total. The van der Waals surface area contributed by atoms with E-state index >= 15 is 0 Å². The Morgan fingerprint density at radius 1 is 1.33 bits per heavy atom. The first-order chi connectivity index (χ1) is 5.83. The average Bonchev–Trinajstić information content (AvgIpc) is 2.16. The fourth-order valence-electron chi connectivity index (χ4n) is 0.821. The molecule has 0 aromatic heterocycles. The van der Waals surface area contributed by atoms with E-state index in [1.807, 2.05) is 37.4 Å². The predicted molar refractivity (Wildman–Crippen MR) is 50.5 cm³/mol. The van der Waals surface area contributed by atoms with Gasteiger partial charge in [-0.3, -0.25) is 0 Å². The van der Waals surface area contributed by atoms with Gasteiger partial charge in [-0.1, -0.05) is 18.2 Å². The summed E-state index contributed by atoms with van der Waals surface area (Å²) in [6.45, 7) is 2.80. The molecule has 2 heteroatoms. The summed E-state index contributed by atoms with van der Waals surface area (Å²) in [6, 6.07) is 10.2. The first-order valence-electron chi connectivity index (χ1n) is 4.18. The van der Waals surface area contributed by atoms with E-state index in [-0.39, 0.29) is 0 Å². The Morgan fingerprint density at radius 2 is 2.00 bits per heavy atom. The van der Waals surface area contributed by atoms with Crippen LogP contribution in [0.15, 0.2) is 30.3 Å². The number of rotatable bonds is 4. The second-order valence-electron chi connectivity index (χ2n) is 2.81. The van der Waals surface area contributed by atoms with Gasteiger partial charge in [0.1, 0.15) is 12.4 Å². The Bertz CT molecular complexity index is 210. The number of likely N-dealkylation sites (N-methyl/N-ethyl adjacent to an activating group) is 1. The average molecular weight is 165 g/mol. The van der Waals surface area contributed by atoms with E-state index in [9.17, 15) is 0 Å². The van der Waals surface area contributed by atoms with Crippen LogP contribution in [0.4, 0.5) is 0 Å². The van der Waals surface area contributed by atoms with Crippen LogP contribution >= 0.6 is 0 Å². The van der Waals surface area contributed by atoms with Gasteiger partial charge in [-0.2, -0.15) is 0 Å². The number of hydrogen-bond donors (Lipinski definition) is 1. The number of para-hydroxylation sites is 1. The molecule has 12 heavy (non-hydrogen) atoms. The molecule has 1 atom stereocenters. The van der Waals surface area contributed by atoms with Gasteiger partial charge < -0.3 is 10.1 Å². The Labute approximate surface area is 73.6 Å². The zero-order chi connectivity index (χ0) is 8.81. The predicted octanol–water partition coefficient (Wildman–Crippen LogP) is 1.67. The Hall–Kier alpha value is -1.02. The van der Waals surface area contributed by atoms with E-state index in [1.165, 1.54) is 0 Å². The van der Waals surface area contributed by atoms with Gasteiger partial charge in [0.2, 0.25) is 0 Å². The summed E-state index contributed by atoms with van der Waals surface area (Å²) in [7, 11) is 1.93. The Balaban J connectivity index is 2.33. The van der Waals surface area contributed by atoms with E-state index in [0.717, 1.165) is 5.75 Å². The third kappa shape index (κ3) is 2.93. The maximum atomic E-state index is 5.50. The summed E-state index contributed by atoms with van der Waals surface area (Å²) in [4.78, 5) is 0. The van der Waals surface area contributed by atoms with E-state index < -0.39 is 0 Å². The van der Waals surface area contributed by atoms with Crippen LogP contribution in [-0.4, -0.2) is 19.7 Å². The molecule has 1 aromatic rings. The van der Waals surface area contributed by atoms with E-state index in [4.69, 9.17) is 4.74 Å². The highest BCUT2D eigenvalue weighted by Crippen LogP contribution is 2.07. The van der Waals surface area contributed by atoms with Crippen molar-refractivity contribution in [2.45, 2.75) is 13.0 Å². The van der Waals surface area contributed by atoms with E-state index in [0.29, 0.717) is 12.6 Å². The normalized spacial score (nSPS) is 12.5. The maximum Gasteiger partial charge on any atom is 0.119 e. The summed E-state index contributed by atoms with van der Waals surface area (Å²) in [6.07, 6.45) is 0. The molecular formula is C10H15NO. The lowest BCUT2D eigenvalue weighted by molar-refractivity contribution is 0.280. The van der Waals surface area contributed by atoms with Gasteiger partial charge in [0.15, 0.2) is 0 Å². The van der Waals surface area contributed by atoms with Gasteiger partial charge in [-0.15, -0.1) is 0 Å². The number of nitrogens with one attached hydrogen (secondary N) is 1. The van der Waals surface area contributed by atoms with Crippen LogP contribution in [0.2, 0.25) is 0 Å².